The third-order valence-corrected chi connectivity index (χ3v) is 3.24. The fraction of sp³-hybridized carbons (Fsp3) is 0.143. The molecule has 0 fully saturated rings. The Kier molecular flexibility index (Phi) is 3.56. The predicted octanol–water partition coefficient (Wildman–Crippen LogP) is 2.87. The van der Waals surface area contributed by atoms with Crippen molar-refractivity contribution in [1.82, 2.24) is 4.98 Å². The van der Waals surface area contributed by atoms with Gasteiger partial charge < -0.3 is 14.8 Å². The number of nitrogens with zero attached hydrogens (tertiary/aromatic N) is 1. The van der Waals surface area contributed by atoms with E-state index in [2.05, 4.69) is 26.2 Å². The van der Waals surface area contributed by atoms with Crippen LogP contribution in [0.4, 0.5) is 5.82 Å². The number of halogens is 1. The van der Waals surface area contributed by atoms with E-state index in [1.54, 1.807) is 30.5 Å². The van der Waals surface area contributed by atoms with Crippen LogP contribution in [-0.2, 0) is 0 Å². The molecule has 6 heteroatoms. The Bertz CT molecular complexity index is 643. The van der Waals surface area contributed by atoms with Crippen molar-refractivity contribution in [2.24, 2.45) is 0 Å². The van der Waals surface area contributed by atoms with Crippen molar-refractivity contribution in [3.8, 4) is 11.5 Å². The van der Waals surface area contributed by atoms with Crippen molar-refractivity contribution in [3.05, 3.63) is 46.6 Å². The van der Waals surface area contributed by atoms with Crippen molar-refractivity contribution >= 4 is 27.7 Å². The molecule has 1 amide bonds. The van der Waals surface area contributed by atoms with E-state index in [0.29, 0.717) is 36.1 Å². The average molecular weight is 335 g/mol. The Labute approximate surface area is 124 Å². The van der Waals surface area contributed by atoms with Gasteiger partial charge in [-0.1, -0.05) is 0 Å². The Morgan fingerprint density at radius 2 is 1.95 bits per heavy atom. The minimum Gasteiger partial charge on any atom is -0.486 e. The summed E-state index contributed by atoms with van der Waals surface area (Å²) in [5, 5.41) is 2.72. The fourth-order valence-electron chi connectivity index (χ4n) is 1.82. The first-order chi connectivity index (χ1) is 9.72. The zero-order chi connectivity index (χ0) is 13.9. The van der Waals surface area contributed by atoms with Gasteiger partial charge in [-0.25, -0.2) is 4.98 Å². The number of hydrogen-bond donors (Lipinski definition) is 1. The van der Waals surface area contributed by atoms with Crippen molar-refractivity contribution in [1.29, 1.82) is 0 Å². The van der Waals surface area contributed by atoms with Gasteiger partial charge in [0.15, 0.2) is 11.5 Å². The average Bonchev–Trinajstić information content (AvgIpc) is 2.49. The van der Waals surface area contributed by atoms with Gasteiger partial charge in [-0.3, -0.25) is 4.79 Å². The third-order valence-electron chi connectivity index (χ3n) is 2.77. The number of pyridine rings is 1. The van der Waals surface area contributed by atoms with Gasteiger partial charge in [0.1, 0.15) is 19.0 Å². The number of fused-ring (bicyclic) bond motifs is 1. The van der Waals surface area contributed by atoms with Gasteiger partial charge in [0, 0.05) is 16.2 Å². The molecule has 3 rings (SSSR count). The van der Waals surface area contributed by atoms with E-state index < -0.39 is 0 Å². The highest BCUT2D eigenvalue weighted by Gasteiger charge is 2.15. The molecule has 2 heterocycles. The van der Waals surface area contributed by atoms with Gasteiger partial charge in [0.05, 0.1) is 0 Å². The number of carbonyl (C=O) groups is 1. The molecule has 5 nitrogen and oxygen atoms in total. The number of anilines is 1. The lowest BCUT2D eigenvalue weighted by Crippen LogP contribution is -2.17. The minimum atomic E-state index is -0.239. The van der Waals surface area contributed by atoms with Gasteiger partial charge in [-0.05, 0) is 46.3 Å². The van der Waals surface area contributed by atoms with E-state index in [4.69, 9.17) is 9.47 Å². The Morgan fingerprint density at radius 1 is 1.15 bits per heavy atom. The van der Waals surface area contributed by atoms with Crippen molar-refractivity contribution < 1.29 is 14.3 Å². The largest absolute Gasteiger partial charge is 0.486 e. The highest BCUT2D eigenvalue weighted by atomic mass is 79.9. The summed E-state index contributed by atoms with van der Waals surface area (Å²) in [4.78, 5) is 16.2. The normalized spacial score (nSPS) is 12.8. The molecule has 1 N–H and O–H groups in total. The zero-order valence-electron chi connectivity index (χ0n) is 10.4. The third kappa shape index (κ3) is 2.75. The molecule has 2 aromatic rings. The standard InChI is InChI=1S/C14H11BrN2O3/c15-10-2-4-13(16-8-10)17-14(18)9-1-3-11-12(7-9)20-6-5-19-11/h1-4,7-8H,5-6H2,(H,16,17,18). The van der Waals surface area contributed by atoms with Crippen LogP contribution >= 0.6 is 15.9 Å². The summed E-state index contributed by atoms with van der Waals surface area (Å²) in [7, 11) is 0. The van der Waals surface area contributed by atoms with Crippen LogP contribution in [0.5, 0.6) is 11.5 Å². The molecule has 0 aliphatic carbocycles. The molecule has 0 saturated carbocycles. The van der Waals surface area contributed by atoms with Crippen LogP contribution in [-0.4, -0.2) is 24.1 Å². The molecule has 0 atom stereocenters. The number of ether oxygens (including phenoxy) is 2. The van der Waals surface area contributed by atoms with Crippen LogP contribution in [0.2, 0.25) is 0 Å². The van der Waals surface area contributed by atoms with E-state index in [9.17, 15) is 4.79 Å². The minimum absolute atomic E-state index is 0.239. The summed E-state index contributed by atoms with van der Waals surface area (Å²) >= 11 is 3.29. The van der Waals surface area contributed by atoms with Gasteiger partial charge in [0.2, 0.25) is 0 Å². The smallest absolute Gasteiger partial charge is 0.256 e. The van der Waals surface area contributed by atoms with Crippen LogP contribution in [0.15, 0.2) is 41.0 Å². The van der Waals surface area contributed by atoms with Gasteiger partial charge in [-0.2, -0.15) is 0 Å². The van der Waals surface area contributed by atoms with E-state index in [0.717, 1.165) is 4.47 Å². The molecule has 0 saturated heterocycles. The van der Waals surface area contributed by atoms with Crippen LogP contribution < -0.4 is 14.8 Å². The summed E-state index contributed by atoms with van der Waals surface area (Å²) in [6.45, 7) is 1.02. The van der Waals surface area contributed by atoms with E-state index in [-0.39, 0.29) is 5.91 Å². The van der Waals surface area contributed by atoms with Crippen LogP contribution in [0, 0.1) is 0 Å². The Morgan fingerprint density at radius 3 is 2.70 bits per heavy atom. The lowest BCUT2D eigenvalue weighted by molar-refractivity contribution is 0.102. The number of amides is 1. The number of rotatable bonds is 2. The van der Waals surface area contributed by atoms with Crippen LogP contribution in [0.1, 0.15) is 10.4 Å². The molecule has 0 unspecified atom stereocenters. The number of carbonyl (C=O) groups excluding carboxylic acids is 1. The topological polar surface area (TPSA) is 60.5 Å². The summed E-state index contributed by atoms with van der Waals surface area (Å²) < 4.78 is 11.7. The number of nitrogens with one attached hydrogen (secondary N) is 1. The van der Waals surface area contributed by atoms with Crippen LogP contribution in [0.25, 0.3) is 0 Å². The van der Waals surface area contributed by atoms with Crippen molar-refractivity contribution in [2.75, 3.05) is 18.5 Å². The highest BCUT2D eigenvalue weighted by molar-refractivity contribution is 9.10. The molecular weight excluding hydrogens is 324 g/mol. The maximum atomic E-state index is 12.1. The zero-order valence-corrected chi connectivity index (χ0v) is 12.0. The summed E-state index contributed by atoms with van der Waals surface area (Å²) in [5.41, 5.74) is 0.499. The number of benzene rings is 1. The molecule has 0 radical (unpaired) electrons. The van der Waals surface area contributed by atoms with Gasteiger partial charge in [0.25, 0.3) is 5.91 Å². The second-order valence-corrected chi connectivity index (χ2v) is 5.09. The second-order valence-electron chi connectivity index (χ2n) is 4.17. The number of aromatic nitrogens is 1. The highest BCUT2D eigenvalue weighted by Crippen LogP contribution is 2.30. The van der Waals surface area contributed by atoms with E-state index in [1.807, 2.05) is 6.07 Å². The molecule has 0 spiro atoms. The molecule has 1 aliphatic rings. The van der Waals surface area contributed by atoms with Gasteiger partial charge in [-0.15, -0.1) is 0 Å². The Hall–Kier alpha value is -2.08. The molecule has 1 aromatic carbocycles. The summed E-state index contributed by atoms with van der Waals surface area (Å²) in [6, 6.07) is 8.63. The monoisotopic (exact) mass is 334 g/mol. The van der Waals surface area contributed by atoms with E-state index >= 15 is 0 Å². The first-order valence-corrected chi connectivity index (χ1v) is 6.84. The second kappa shape index (κ2) is 5.50. The molecule has 0 bridgehead atoms. The summed E-state index contributed by atoms with van der Waals surface area (Å²) in [6.07, 6.45) is 1.62. The van der Waals surface area contributed by atoms with Gasteiger partial charge >= 0.3 is 0 Å². The summed E-state index contributed by atoms with van der Waals surface area (Å²) in [5.74, 6) is 1.51. The predicted molar refractivity (Wildman–Crippen MR) is 77.3 cm³/mol. The maximum absolute atomic E-state index is 12.1. The first kappa shape index (κ1) is 12.9. The quantitative estimate of drug-likeness (QED) is 0.917. The fourth-order valence-corrected chi connectivity index (χ4v) is 2.06. The molecule has 20 heavy (non-hydrogen) atoms. The number of hydrogen-bond acceptors (Lipinski definition) is 4. The molecule has 1 aromatic heterocycles. The Balaban J connectivity index is 1.78. The van der Waals surface area contributed by atoms with E-state index in [1.165, 1.54) is 0 Å². The SMILES string of the molecule is O=C(Nc1ccc(Br)cn1)c1ccc2c(c1)OCCO2. The van der Waals surface area contributed by atoms with Crippen LogP contribution in [0.3, 0.4) is 0 Å². The molecule has 1 aliphatic heterocycles. The lowest BCUT2D eigenvalue weighted by Gasteiger charge is -2.18. The first-order valence-electron chi connectivity index (χ1n) is 6.05. The van der Waals surface area contributed by atoms with Crippen molar-refractivity contribution in [3.63, 3.8) is 0 Å². The lowest BCUT2D eigenvalue weighted by atomic mass is 10.2. The van der Waals surface area contributed by atoms with Crippen molar-refractivity contribution in [2.45, 2.75) is 0 Å². The maximum Gasteiger partial charge on any atom is 0.256 e. The molecular formula is C14H11BrN2O3. The molecule has 102 valence electrons.